The zero-order valence-electron chi connectivity index (χ0n) is 14.3. The van der Waals surface area contributed by atoms with Crippen LogP contribution in [0.2, 0.25) is 0 Å². The monoisotopic (exact) mass is 332 g/mol. The van der Waals surface area contributed by atoms with E-state index < -0.39 is 18.5 Å². The molecule has 2 fully saturated rings. The van der Waals surface area contributed by atoms with Crippen molar-refractivity contribution in [1.29, 1.82) is 0 Å². The number of methoxy groups -OCH3 is 1. The topological polar surface area (TPSA) is 124 Å². The van der Waals surface area contributed by atoms with Crippen molar-refractivity contribution in [3.8, 4) is 0 Å². The molecule has 0 aromatic rings. The lowest BCUT2D eigenvalue weighted by Crippen LogP contribution is -2.65. The summed E-state index contributed by atoms with van der Waals surface area (Å²) in [6.45, 7) is 0.747. The lowest BCUT2D eigenvalue weighted by Gasteiger charge is -2.45. The third-order valence-corrected chi connectivity index (χ3v) is 4.89. The number of hydrogen-bond acceptors (Lipinski definition) is 8. The number of nitrogens with one attached hydrogen (secondary N) is 2. The summed E-state index contributed by atoms with van der Waals surface area (Å²) in [5, 5.41) is 16.8. The van der Waals surface area contributed by atoms with Crippen molar-refractivity contribution in [2.24, 2.45) is 11.5 Å². The molecule has 7 N–H and O–H groups in total. The van der Waals surface area contributed by atoms with Crippen LogP contribution in [0.4, 0.5) is 0 Å². The summed E-state index contributed by atoms with van der Waals surface area (Å²) in [6.07, 6.45) is 0.362. The Kier molecular flexibility index (Phi) is 7.18. The molecule has 1 aliphatic carbocycles. The molecule has 8 heteroatoms. The van der Waals surface area contributed by atoms with Crippen LogP contribution in [0.5, 0.6) is 0 Å². The Bertz CT molecular complexity index is 362. The third kappa shape index (κ3) is 4.40. The van der Waals surface area contributed by atoms with Crippen molar-refractivity contribution in [1.82, 2.24) is 10.6 Å². The molecule has 0 aromatic heterocycles. The predicted molar refractivity (Wildman–Crippen MR) is 86.9 cm³/mol. The highest BCUT2D eigenvalue weighted by Gasteiger charge is 2.45. The second-order valence-electron chi connectivity index (χ2n) is 6.50. The highest BCUT2D eigenvalue weighted by Crippen LogP contribution is 2.27. The summed E-state index contributed by atoms with van der Waals surface area (Å²) in [5.41, 5.74) is 12.3. The van der Waals surface area contributed by atoms with Gasteiger partial charge in [-0.05, 0) is 33.4 Å². The predicted octanol–water partition coefficient (Wildman–Crippen LogP) is -1.88. The smallest absolute Gasteiger partial charge is 0.173 e. The van der Waals surface area contributed by atoms with E-state index in [0.29, 0.717) is 6.42 Å². The number of nitrogens with two attached hydrogens (primary N) is 2. The number of aliphatic hydroxyl groups excluding tert-OH is 1. The largest absolute Gasteiger partial charge is 0.389 e. The maximum atomic E-state index is 10.6. The lowest BCUT2D eigenvalue weighted by molar-refractivity contribution is -0.250. The molecule has 0 spiro atoms. The highest BCUT2D eigenvalue weighted by molar-refractivity contribution is 5.00. The van der Waals surface area contributed by atoms with Gasteiger partial charge < -0.3 is 41.4 Å². The molecular weight excluding hydrogens is 300 g/mol. The normalized spacial score (nSPS) is 45.1. The number of aliphatic hydroxyl groups is 1. The van der Waals surface area contributed by atoms with Gasteiger partial charge in [-0.25, -0.2) is 0 Å². The zero-order chi connectivity index (χ0) is 17.0. The fraction of sp³-hybridized carbons (Fsp3) is 1.00. The molecule has 23 heavy (non-hydrogen) atoms. The first-order valence-electron chi connectivity index (χ1n) is 8.36. The summed E-state index contributed by atoms with van der Waals surface area (Å²) in [4.78, 5) is 0. The zero-order valence-corrected chi connectivity index (χ0v) is 14.3. The standard InChI is InChI=1S/C15H32N4O4/c1-18-7-8-4-5-9(16)15(22-8)23-14-10(17)6-11(21-3)12(19-2)13(14)20/h8-15,18-20H,4-7,16-17H2,1-3H3/t8-,9-,10-,11-,12+,13+,14+,15+/m1/s1. The summed E-state index contributed by atoms with van der Waals surface area (Å²) in [6, 6.07) is -0.784. The van der Waals surface area contributed by atoms with Gasteiger partial charge in [-0.15, -0.1) is 0 Å². The Morgan fingerprint density at radius 2 is 1.96 bits per heavy atom. The lowest BCUT2D eigenvalue weighted by atomic mass is 9.84. The molecule has 2 aliphatic rings. The minimum absolute atomic E-state index is 0.0635. The van der Waals surface area contributed by atoms with Crippen molar-refractivity contribution in [2.75, 3.05) is 27.7 Å². The minimum atomic E-state index is -0.783. The molecule has 1 saturated carbocycles. The second-order valence-corrected chi connectivity index (χ2v) is 6.50. The summed E-state index contributed by atoms with van der Waals surface area (Å²) in [7, 11) is 5.30. The van der Waals surface area contributed by atoms with E-state index in [0.717, 1.165) is 19.4 Å². The average molecular weight is 332 g/mol. The molecule has 136 valence electrons. The maximum absolute atomic E-state index is 10.6. The van der Waals surface area contributed by atoms with Gasteiger partial charge in [-0.1, -0.05) is 0 Å². The van der Waals surface area contributed by atoms with Gasteiger partial charge in [0.15, 0.2) is 6.29 Å². The molecule has 2 rings (SSSR count). The molecule has 0 aromatic carbocycles. The van der Waals surface area contributed by atoms with Crippen LogP contribution in [0.3, 0.4) is 0 Å². The van der Waals surface area contributed by atoms with Gasteiger partial charge in [-0.2, -0.15) is 0 Å². The van der Waals surface area contributed by atoms with Crippen LogP contribution in [0.1, 0.15) is 19.3 Å². The van der Waals surface area contributed by atoms with E-state index in [2.05, 4.69) is 10.6 Å². The van der Waals surface area contributed by atoms with Crippen molar-refractivity contribution < 1.29 is 19.3 Å². The van der Waals surface area contributed by atoms with Gasteiger partial charge in [0.25, 0.3) is 0 Å². The molecule has 0 bridgehead atoms. The van der Waals surface area contributed by atoms with Crippen LogP contribution in [0, 0.1) is 0 Å². The van der Waals surface area contributed by atoms with Gasteiger partial charge >= 0.3 is 0 Å². The van der Waals surface area contributed by atoms with E-state index in [9.17, 15) is 5.11 Å². The van der Waals surface area contributed by atoms with Crippen molar-refractivity contribution >= 4 is 0 Å². The van der Waals surface area contributed by atoms with Crippen LogP contribution in [-0.4, -0.2) is 81.7 Å². The summed E-state index contributed by atoms with van der Waals surface area (Å²) >= 11 is 0. The Balaban J connectivity index is 2.02. The molecule has 8 nitrogen and oxygen atoms in total. The molecule has 0 radical (unpaired) electrons. The molecule has 1 aliphatic heterocycles. The minimum Gasteiger partial charge on any atom is -0.389 e. The number of ether oxygens (including phenoxy) is 3. The van der Waals surface area contributed by atoms with E-state index in [1.54, 1.807) is 14.2 Å². The molecule has 0 unspecified atom stereocenters. The first-order valence-corrected chi connectivity index (χ1v) is 8.36. The fourth-order valence-corrected chi connectivity index (χ4v) is 3.55. The van der Waals surface area contributed by atoms with Crippen LogP contribution < -0.4 is 22.1 Å². The molecular formula is C15H32N4O4. The average Bonchev–Trinajstić information content (AvgIpc) is 2.53. The fourth-order valence-electron chi connectivity index (χ4n) is 3.55. The molecule has 8 atom stereocenters. The van der Waals surface area contributed by atoms with Gasteiger partial charge in [0, 0.05) is 19.7 Å². The van der Waals surface area contributed by atoms with Crippen molar-refractivity contribution in [3.63, 3.8) is 0 Å². The second kappa shape index (κ2) is 8.68. The van der Waals surface area contributed by atoms with E-state index in [-0.39, 0.29) is 30.3 Å². The summed E-state index contributed by atoms with van der Waals surface area (Å²) < 4.78 is 17.4. The SMILES string of the molecule is CNC[C@H]1CC[C@@H](N)[C@H](O[C@@H]2[C@@H](O)[C@@H](NC)[C@H](OC)C[C@H]2N)O1. The molecule has 1 heterocycles. The first-order chi connectivity index (χ1) is 11.0. The maximum Gasteiger partial charge on any atom is 0.173 e. The number of likely N-dealkylation sites (N-methyl/N-ethyl adjacent to an activating group) is 2. The highest BCUT2D eigenvalue weighted by atomic mass is 16.7. The Morgan fingerprint density at radius 3 is 2.57 bits per heavy atom. The third-order valence-electron chi connectivity index (χ3n) is 4.89. The van der Waals surface area contributed by atoms with Crippen LogP contribution in [0.25, 0.3) is 0 Å². The van der Waals surface area contributed by atoms with Crippen LogP contribution in [0.15, 0.2) is 0 Å². The van der Waals surface area contributed by atoms with Gasteiger partial charge in [0.05, 0.1) is 30.4 Å². The Morgan fingerprint density at radius 1 is 1.22 bits per heavy atom. The van der Waals surface area contributed by atoms with Gasteiger partial charge in [0.1, 0.15) is 6.10 Å². The van der Waals surface area contributed by atoms with Crippen molar-refractivity contribution in [3.05, 3.63) is 0 Å². The van der Waals surface area contributed by atoms with Crippen LogP contribution >= 0.6 is 0 Å². The first kappa shape index (κ1) is 19.0. The number of hydrogen-bond donors (Lipinski definition) is 5. The Labute approximate surface area is 138 Å². The van der Waals surface area contributed by atoms with E-state index in [1.165, 1.54) is 0 Å². The van der Waals surface area contributed by atoms with E-state index >= 15 is 0 Å². The quantitative estimate of drug-likeness (QED) is 0.383. The molecule has 1 saturated heterocycles. The van der Waals surface area contributed by atoms with Gasteiger partial charge in [-0.3, -0.25) is 0 Å². The van der Waals surface area contributed by atoms with E-state index in [4.69, 9.17) is 25.7 Å². The van der Waals surface area contributed by atoms with Crippen molar-refractivity contribution in [2.45, 2.75) is 68.1 Å². The van der Waals surface area contributed by atoms with Crippen LogP contribution in [-0.2, 0) is 14.2 Å². The summed E-state index contributed by atoms with van der Waals surface area (Å²) in [5.74, 6) is 0. The molecule has 0 amide bonds. The van der Waals surface area contributed by atoms with E-state index in [1.807, 2.05) is 7.05 Å². The Hall–Kier alpha value is -0.320. The van der Waals surface area contributed by atoms with Gasteiger partial charge in [0.2, 0.25) is 0 Å². The number of rotatable bonds is 6.